The lowest BCUT2D eigenvalue weighted by molar-refractivity contribution is 0.113. The van der Waals surface area contributed by atoms with Gasteiger partial charge in [0, 0.05) is 62.3 Å². The van der Waals surface area contributed by atoms with Gasteiger partial charge in [-0.1, -0.05) is 0 Å². The van der Waals surface area contributed by atoms with Crippen molar-refractivity contribution < 1.29 is 26.6 Å². The molecule has 27 heavy (non-hydrogen) atoms. The van der Waals surface area contributed by atoms with Crippen molar-refractivity contribution >= 4 is 17.6 Å². The topological polar surface area (TPSA) is 121 Å². The number of hydrogen-bond acceptors (Lipinski definition) is 9. The molecule has 1 rings (SSSR count). The average molecular weight is 426 g/mol. The van der Waals surface area contributed by atoms with Gasteiger partial charge in [-0.25, -0.2) is 28.1 Å². The first-order valence-corrected chi connectivity index (χ1v) is 11.8. The molecular formula is C13H27N3O9Si2. The summed E-state index contributed by atoms with van der Waals surface area (Å²) >= 11 is 0. The maximum atomic E-state index is 12.8. The zero-order valence-corrected chi connectivity index (χ0v) is 18.6. The van der Waals surface area contributed by atoms with E-state index in [-0.39, 0.29) is 18.8 Å². The van der Waals surface area contributed by atoms with Gasteiger partial charge in [-0.2, -0.15) is 0 Å². The molecular weight excluding hydrogens is 398 g/mol. The minimum Gasteiger partial charge on any atom is -0.377 e. The average Bonchev–Trinajstić information content (AvgIpc) is 2.70. The molecule has 0 unspecified atom stereocenters. The van der Waals surface area contributed by atoms with Crippen LogP contribution in [0, 0.1) is 0 Å². The second kappa shape index (κ2) is 9.69. The first-order chi connectivity index (χ1) is 12.7. The summed E-state index contributed by atoms with van der Waals surface area (Å²) < 4.78 is 34.3. The smallest absolute Gasteiger partial charge is 0.377 e. The van der Waals surface area contributed by atoms with Gasteiger partial charge in [0.1, 0.15) is 6.17 Å². The van der Waals surface area contributed by atoms with E-state index in [0.29, 0.717) is 0 Å². The molecule has 1 aromatic rings. The Morgan fingerprint density at radius 2 is 1.07 bits per heavy atom. The highest BCUT2D eigenvalue weighted by molar-refractivity contribution is 6.60. The van der Waals surface area contributed by atoms with Gasteiger partial charge in [0.25, 0.3) is 0 Å². The standard InChI is InChI=1S/C13H27N3O9Si2/c1-14-11(17)15(8-9-26(20-2,21-3)22-4)13(19)16(12(14)18)10-27(23-5,24-6)25-7/h8-10H2,1-7H3. The van der Waals surface area contributed by atoms with E-state index in [0.717, 1.165) is 13.7 Å². The molecule has 12 nitrogen and oxygen atoms in total. The van der Waals surface area contributed by atoms with Crippen LogP contribution in [0.15, 0.2) is 14.4 Å². The Bertz CT molecular complexity index is 779. The normalized spacial score (nSPS) is 12.6. The molecule has 0 amide bonds. The van der Waals surface area contributed by atoms with E-state index < -0.39 is 34.7 Å². The summed E-state index contributed by atoms with van der Waals surface area (Å²) in [6.07, 6.45) is -0.246. The molecule has 0 radical (unpaired) electrons. The minimum atomic E-state index is -3.30. The minimum absolute atomic E-state index is 0.0605. The lowest BCUT2D eigenvalue weighted by atomic mass is 10.7. The third-order valence-electron chi connectivity index (χ3n) is 4.36. The highest BCUT2D eigenvalue weighted by Crippen LogP contribution is 2.12. The Hall–Kier alpha value is -1.40. The van der Waals surface area contributed by atoms with Gasteiger partial charge in [0.05, 0.1) is 0 Å². The molecule has 0 atom stereocenters. The van der Waals surface area contributed by atoms with Gasteiger partial charge in [-0.3, -0.25) is 0 Å². The van der Waals surface area contributed by atoms with Crippen molar-refractivity contribution in [2.24, 2.45) is 7.05 Å². The molecule has 1 heterocycles. The third kappa shape index (κ3) is 4.72. The quantitative estimate of drug-likeness (QED) is 0.371. The Kier molecular flexibility index (Phi) is 8.49. The molecule has 0 aliphatic rings. The summed E-state index contributed by atoms with van der Waals surface area (Å²) in [5.74, 6) is 0. The Morgan fingerprint density at radius 1 is 0.667 bits per heavy atom. The first-order valence-electron chi connectivity index (χ1n) is 7.92. The first kappa shape index (κ1) is 23.6. The Balaban J connectivity index is 3.45. The van der Waals surface area contributed by atoms with E-state index >= 15 is 0 Å². The van der Waals surface area contributed by atoms with Crippen LogP contribution < -0.4 is 17.1 Å². The van der Waals surface area contributed by atoms with Crippen LogP contribution in [-0.4, -0.2) is 74.0 Å². The molecule has 0 aliphatic heterocycles. The molecule has 0 aromatic carbocycles. The van der Waals surface area contributed by atoms with E-state index in [9.17, 15) is 14.4 Å². The highest BCUT2D eigenvalue weighted by Gasteiger charge is 2.41. The monoisotopic (exact) mass is 425 g/mol. The van der Waals surface area contributed by atoms with E-state index in [4.69, 9.17) is 26.6 Å². The highest BCUT2D eigenvalue weighted by atomic mass is 28.4. The van der Waals surface area contributed by atoms with Crippen LogP contribution in [0.4, 0.5) is 0 Å². The predicted molar refractivity (Wildman–Crippen MR) is 98.6 cm³/mol. The second-order valence-electron chi connectivity index (χ2n) is 5.49. The van der Waals surface area contributed by atoms with Crippen LogP contribution >= 0.6 is 0 Å². The predicted octanol–water partition coefficient (Wildman–Crippen LogP) is -2.00. The van der Waals surface area contributed by atoms with Crippen molar-refractivity contribution in [3.63, 3.8) is 0 Å². The Labute approximate surface area is 158 Å². The summed E-state index contributed by atoms with van der Waals surface area (Å²) in [6, 6.07) is 0.158. The zero-order valence-electron chi connectivity index (χ0n) is 16.6. The van der Waals surface area contributed by atoms with Crippen molar-refractivity contribution in [2.45, 2.75) is 18.8 Å². The molecule has 0 bridgehead atoms. The van der Waals surface area contributed by atoms with Crippen molar-refractivity contribution in [1.29, 1.82) is 0 Å². The SMILES string of the molecule is CO[Si](CCn1c(=O)n(C)c(=O)n(C[Si](OC)(OC)OC)c1=O)(OC)OC. The van der Waals surface area contributed by atoms with Gasteiger partial charge in [0.2, 0.25) is 0 Å². The molecule has 0 aliphatic carbocycles. The van der Waals surface area contributed by atoms with Crippen molar-refractivity contribution in [3.05, 3.63) is 31.5 Å². The lowest BCUT2D eigenvalue weighted by Gasteiger charge is -2.26. The van der Waals surface area contributed by atoms with Crippen LogP contribution in [0.5, 0.6) is 0 Å². The second-order valence-corrected chi connectivity index (χ2v) is 11.5. The van der Waals surface area contributed by atoms with E-state index in [1.165, 1.54) is 49.7 Å². The molecule has 0 saturated carbocycles. The molecule has 14 heteroatoms. The van der Waals surface area contributed by atoms with Crippen LogP contribution in [-0.2, 0) is 46.3 Å². The van der Waals surface area contributed by atoms with Crippen molar-refractivity contribution in [2.75, 3.05) is 42.7 Å². The number of aromatic nitrogens is 3. The number of nitrogens with zero attached hydrogens (tertiary/aromatic N) is 3. The van der Waals surface area contributed by atoms with E-state index in [1.807, 2.05) is 0 Å². The van der Waals surface area contributed by atoms with E-state index in [2.05, 4.69) is 0 Å². The molecule has 0 spiro atoms. The fourth-order valence-corrected chi connectivity index (χ4v) is 5.68. The van der Waals surface area contributed by atoms with Crippen LogP contribution in [0.25, 0.3) is 0 Å². The molecule has 0 saturated heterocycles. The molecule has 0 fully saturated rings. The number of rotatable bonds is 11. The lowest BCUT2D eigenvalue weighted by Crippen LogP contribution is -2.59. The van der Waals surface area contributed by atoms with Crippen LogP contribution in [0.2, 0.25) is 6.04 Å². The number of hydrogen-bond donors (Lipinski definition) is 0. The fraction of sp³-hybridized carbons (Fsp3) is 0.769. The van der Waals surface area contributed by atoms with Gasteiger partial charge in [-0.05, 0) is 0 Å². The fourth-order valence-electron chi connectivity index (χ4n) is 2.52. The third-order valence-corrected chi connectivity index (χ3v) is 9.63. The van der Waals surface area contributed by atoms with E-state index in [1.54, 1.807) is 0 Å². The summed E-state index contributed by atoms with van der Waals surface area (Å²) in [5.41, 5.74) is -2.36. The summed E-state index contributed by atoms with van der Waals surface area (Å²) in [5, 5.41) is 0. The molecule has 1 aromatic heterocycles. The summed E-state index contributed by atoms with van der Waals surface area (Å²) in [7, 11) is 3.33. The Morgan fingerprint density at radius 3 is 1.48 bits per heavy atom. The van der Waals surface area contributed by atoms with Crippen LogP contribution in [0.1, 0.15) is 0 Å². The zero-order chi connectivity index (χ0) is 20.8. The van der Waals surface area contributed by atoms with Gasteiger partial charge >= 0.3 is 34.7 Å². The summed E-state index contributed by atoms with van der Waals surface area (Å²) in [4.78, 5) is 37.7. The van der Waals surface area contributed by atoms with Crippen LogP contribution in [0.3, 0.4) is 0 Å². The summed E-state index contributed by atoms with van der Waals surface area (Å²) in [6.45, 7) is -0.0605. The van der Waals surface area contributed by atoms with Gasteiger partial charge in [0.15, 0.2) is 0 Å². The maximum absolute atomic E-state index is 12.8. The van der Waals surface area contributed by atoms with Crippen molar-refractivity contribution in [1.82, 2.24) is 13.7 Å². The largest absolute Gasteiger partial charge is 0.521 e. The van der Waals surface area contributed by atoms with Gasteiger partial charge in [-0.15, -0.1) is 0 Å². The molecule has 156 valence electrons. The maximum Gasteiger partial charge on any atom is 0.521 e. The van der Waals surface area contributed by atoms with Gasteiger partial charge < -0.3 is 26.6 Å². The van der Waals surface area contributed by atoms with Crippen molar-refractivity contribution in [3.8, 4) is 0 Å². The molecule has 0 N–H and O–H groups in total.